The first kappa shape index (κ1) is 31.9. The summed E-state index contributed by atoms with van der Waals surface area (Å²) in [6, 6.07) is 14.5. The topological polar surface area (TPSA) is 233 Å². The number of nitrogens with two attached hydrogens (primary N) is 1. The van der Waals surface area contributed by atoms with Crippen LogP contribution < -0.4 is 21.0 Å². The third-order valence-corrected chi connectivity index (χ3v) is 8.03. The van der Waals surface area contributed by atoms with Gasteiger partial charge >= 0.3 is 19.4 Å². The van der Waals surface area contributed by atoms with Crippen LogP contribution in [0.3, 0.4) is 0 Å². The van der Waals surface area contributed by atoms with Crippen LogP contribution in [0, 0.1) is 0 Å². The lowest BCUT2D eigenvalue weighted by Crippen LogP contribution is -2.45. The van der Waals surface area contributed by atoms with Crippen molar-refractivity contribution in [2.45, 2.75) is 43.7 Å². The summed E-state index contributed by atoms with van der Waals surface area (Å²) >= 11 is 5.93. The molecule has 18 heteroatoms. The maximum Gasteiger partial charge on any atom is 0.459 e. The summed E-state index contributed by atoms with van der Waals surface area (Å²) < 4.78 is 36.8. The number of azide groups is 1. The summed E-state index contributed by atoms with van der Waals surface area (Å²) in [6.07, 6.45) is -4.29. The SMILES string of the molecule is C[C@H](NP(=O)(OCC1(N=[N+]=[N-])O[C@@H](n2ccc(N)nc2=O)[C@H](O)[C@@H]1O)Oc1ccc(Cl)cc1)C(=O)OCc1ccccc1. The first-order valence-corrected chi connectivity index (χ1v) is 14.5. The van der Waals surface area contributed by atoms with Gasteiger partial charge in [0.1, 0.15) is 36.4 Å². The predicted molar refractivity (Wildman–Crippen MR) is 151 cm³/mol. The molecule has 2 heterocycles. The molecule has 228 valence electrons. The molecule has 1 fully saturated rings. The number of nitrogens with one attached hydrogen (secondary N) is 1. The van der Waals surface area contributed by atoms with Gasteiger partial charge in [0.2, 0.25) is 5.72 Å². The monoisotopic (exact) mass is 635 g/mol. The number of hydrogen-bond donors (Lipinski definition) is 4. The number of esters is 1. The standard InChI is InChI=1S/C25H27ClN7O9P/c1-15(23(36)39-13-16-5-3-2-4-6-16)30-43(38,42-18-9-7-17(26)8-10-18)40-14-25(31-32-28)21(35)20(34)22(41-25)33-12-11-19(27)29-24(33)37/h2-12,15,20-22,34-35H,13-14H2,1H3,(H,30,38)(H2,27,29,37)/t15-,20+,21-,22+,25?,43?/m0/s1. The van der Waals surface area contributed by atoms with E-state index in [1.807, 2.05) is 0 Å². The largest absolute Gasteiger partial charge is 0.460 e. The second-order valence-electron chi connectivity index (χ2n) is 9.28. The van der Waals surface area contributed by atoms with Crippen molar-refractivity contribution in [2.75, 3.05) is 12.3 Å². The van der Waals surface area contributed by atoms with E-state index in [-0.39, 0.29) is 18.2 Å². The highest BCUT2D eigenvalue weighted by atomic mass is 35.5. The van der Waals surface area contributed by atoms with Gasteiger partial charge in [0.05, 0.1) is 6.61 Å². The smallest absolute Gasteiger partial charge is 0.459 e. The van der Waals surface area contributed by atoms with Gasteiger partial charge < -0.3 is 29.9 Å². The minimum atomic E-state index is -4.58. The van der Waals surface area contributed by atoms with E-state index in [0.717, 1.165) is 10.8 Å². The molecule has 1 aliphatic rings. The summed E-state index contributed by atoms with van der Waals surface area (Å²) in [7, 11) is -4.58. The fraction of sp³-hybridized carbons (Fsp3) is 0.320. The van der Waals surface area contributed by atoms with Crippen molar-refractivity contribution in [1.29, 1.82) is 0 Å². The van der Waals surface area contributed by atoms with Gasteiger partial charge in [-0.2, -0.15) is 10.1 Å². The quantitative estimate of drug-likeness (QED) is 0.0739. The minimum Gasteiger partial charge on any atom is -0.460 e. The lowest BCUT2D eigenvalue weighted by atomic mass is 10.1. The van der Waals surface area contributed by atoms with Crippen LogP contribution in [0.5, 0.6) is 5.75 Å². The average molecular weight is 636 g/mol. The van der Waals surface area contributed by atoms with Crippen molar-refractivity contribution in [1.82, 2.24) is 14.6 Å². The van der Waals surface area contributed by atoms with E-state index >= 15 is 0 Å². The molecular weight excluding hydrogens is 609 g/mol. The van der Waals surface area contributed by atoms with Crippen molar-refractivity contribution in [3.8, 4) is 5.75 Å². The number of carbonyl (C=O) groups excluding carboxylic acids is 1. The van der Waals surface area contributed by atoms with Gasteiger partial charge in [-0.15, -0.1) is 0 Å². The van der Waals surface area contributed by atoms with Gasteiger partial charge in [-0.25, -0.2) is 9.36 Å². The van der Waals surface area contributed by atoms with Crippen LogP contribution in [0.2, 0.25) is 5.02 Å². The van der Waals surface area contributed by atoms with E-state index in [2.05, 4.69) is 20.1 Å². The first-order chi connectivity index (χ1) is 20.4. The van der Waals surface area contributed by atoms with Crippen LogP contribution in [0.4, 0.5) is 5.82 Å². The van der Waals surface area contributed by atoms with Crippen molar-refractivity contribution in [3.05, 3.63) is 98.4 Å². The van der Waals surface area contributed by atoms with Crippen LogP contribution in [0.1, 0.15) is 18.7 Å². The molecule has 5 N–H and O–H groups in total. The molecule has 0 saturated carbocycles. The molecule has 0 bridgehead atoms. The number of halogens is 1. The molecule has 0 spiro atoms. The Bertz CT molecular complexity index is 1590. The summed E-state index contributed by atoms with van der Waals surface area (Å²) in [5.41, 5.74) is 12.1. The van der Waals surface area contributed by atoms with Crippen molar-refractivity contribution >= 4 is 31.1 Å². The first-order valence-electron chi connectivity index (χ1n) is 12.6. The van der Waals surface area contributed by atoms with Gasteiger partial charge in [0, 0.05) is 16.1 Å². The number of aliphatic hydroxyl groups excluding tert-OH is 2. The fourth-order valence-corrected chi connectivity index (χ4v) is 5.60. The van der Waals surface area contributed by atoms with Crippen molar-refractivity contribution < 1.29 is 38.1 Å². The zero-order valence-corrected chi connectivity index (χ0v) is 24.1. The molecule has 0 radical (unpaired) electrons. The Balaban J connectivity index is 1.57. The number of carbonyl (C=O) groups is 1. The molecule has 2 unspecified atom stereocenters. The van der Waals surface area contributed by atoms with E-state index in [4.69, 9.17) is 35.9 Å². The minimum absolute atomic E-state index is 0.00761. The molecule has 0 amide bonds. The van der Waals surface area contributed by atoms with E-state index in [9.17, 15) is 29.9 Å². The number of aliphatic hydroxyl groups is 2. The number of hydrogen-bond acceptors (Lipinski definition) is 12. The third kappa shape index (κ3) is 7.70. The van der Waals surface area contributed by atoms with Crippen LogP contribution in [-0.4, -0.2) is 56.3 Å². The van der Waals surface area contributed by atoms with Gasteiger partial charge in [0.15, 0.2) is 6.23 Å². The lowest BCUT2D eigenvalue weighted by molar-refractivity contribution is -0.146. The number of anilines is 1. The second-order valence-corrected chi connectivity index (χ2v) is 11.4. The number of rotatable bonds is 12. The van der Waals surface area contributed by atoms with Gasteiger partial charge in [-0.3, -0.25) is 13.9 Å². The molecule has 1 saturated heterocycles. The summed E-state index contributed by atoms with van der Waals surface area (Å²) in [6.45, 7) is 0.305. The zero-order valence-electron chi connectivity index (χ0n) is 22.5. The number of ether oxygens (including phenoxy) is 2. The van der Waals surface area contributed by atoms with Crippen LogP contribution >= 0.6 is 19.3 Å². The zero-order chi connectivity index (χ0) is 31.2. The highest BCUT2D eigenvalue weighted by Crippen LogP contribution is 2.48. The molecule has 1 aliphatic heterocycles. The Kier molecular flexibility index (Phi) is 10.1. The van der Waals surface area contributed by atoms with E-state index in [1.165, 1.54) is 37.3 Å². The van der Waals surface area contributed by atoms with E-state index in [0.29, 0.717) is 10.6 Å². The van der Waals surface area contributed by atoms with E-state index < -0.39 is 56.2 Å². The van der Waals surface area contributed by atoms with Crippen LogP contribution in [0.15, 0.2) is 76.8 Å². The molecule has 2 aromatic carbocycles. The predicted octanol–water partition coefficient (Wildman–Crippen LogP) is 2.66. The summed E-state index contributed by atoms with van der Waals surface area (Å²) in [4.78, 5) is 31.3. The third-order valence-electron chi connectivity index (χ3n) is 6.15. The number of aromatic nitrogens is 2. The van der Waals surface area contributed by atoms with Gasteiger partial charge in [-0.05, 0) is 48.4 Å². The van der Waals surface area contributed by atoms with Crippen molar-refractivity contribution in [3.63, 3.8) is 0 Å². The van der Waals surface area contributed by atoms with Gasteiger partial charge in [0.25, 0.3) is 0 Å². The Morgan fingerprint density at radius 1 is 1.28 bits per heavy atom. The molecular formula is C25H27ClN7O9P. The van der Waals surface area contributed by atoms with Gasteiger partial charge in [-0.1, -0.05) is 47.0 Å². The number of nitrogens with zero attached hydrogens (tertiary/aromatic N) is 5. The molecule has 6 atom stereocenters. The maximum atomic E-state index is 14.0. The normalized spacial score (nSPS) is 23.5. The Hall–Kier alpha value is -3.98. The summed E-state index contributed by atoms with van der Waals surface area (Å²) in [5, 5.41) is 27.8. The maximum absolute atomic E-state index is 14.0. The highest BCUT2D eigenvalue weighted by Gasteiger charge is 2.56. The van der Waals surface area contributed by atoms with Crippen molar-refractivity contribution in [2.24, 2.45) is 5.11 Å². The molecule has 16 nitrogen and oxygen atoms in total. The average Bonchev–Trinajstić information content (AvgIpc) is 3.22. The Morgan fingerprint density at radius 3 is 2.63 bits per heavy atom. The molecule has 0 aliphatic carbocycles. The molecule has 4 rings (SSSR count). The number of nitrogen functional groups attached to an aromatic ring is 1. The Labute approximate surface area is 249 Å². The fourth-order valence-electron chi connectivity index (χ4n) is 3.96. The van der Waals surface area contributed by atoms with Crippen LogP contribution in [-0.2, 0) is 30.0 Å². The second kappa shape index (κ2) is 13.5. The lowest BCUT2D eigenvalue weighted by Gasteiger charge is -2.29. The van der Waals surface area contributed by atoms with E-state index in [1.54, 1.807) is 30.3 Å². The van der Waals surface area contributed by atoms with Crippen LogP contribution in [0.25, 0.3) is 10.4 Å². The molecule has 43 heavy (non-hydrogen) atoms. The molecule has 1 aromatic heterocycles. The molecule has 3 aromatic rings. The number of benzene rings is 2. The summed E-state index contributed by atoms with van der Waals surface area (Å²) in [5.74, 6) is -0.907. The highest BCUT2D eigenvalue weighted by molar-refractivity contribution is 7.52. The Morgan fingerprint density at radius 2 is 1.98 bits per heavy atom.